The Bertz CT molecular complexity index is 790. The number of hydrogen-bond donors (Lipinski definition) is 2. The monoisotopic (exact) mass is 293 g/mol. The number of carbonyl (C=O) groups excluding carboxylic acids is 1. The van der Waals surface area contributed by atoms with Crippen LogP contribution in [0.2, 0.25) is 0 Å². The lowest BCUT2D eigenvalue weighted by Crippen LogP contribution is -2.14. The molecule has 0 fully saturated rings. The molecule has 0 bridgehead atoms. The summed E-state index contributed by atoms with van der Waals surface area (Å²) in [4.78, 5) is 19.4. The van der Waals surface area contributed by atoms with Gasteiger partial charge in [-0.05, 0) is 41.3 Å². The molecule has 0 saturated carbocycles. The lowest BCUT2D eigenvalue weighted by Gasteiger charge is -2.07. The van der Waals surface area contributed by atoms with Gasteiger partial charge in [0.2, 0.25) is 5.91 Å². The topological polar surface area (TPSA) is 57.8 Å². The van der Waals surface area contributed by atoms with Crippen molar-refractivity contribution in [1.29, 1.82) is 0 Å². The first-order chi connectivity index (χ1) is 10.6. The Morgan fingerprint density at radius 3 is 2.73 bits per heavy atom. The van der Waals surface area contributed by atoms with Crippen molar-refractivity contribution >= 4 is 22.5 Å². The van der Waals surface area contributed by atoms with E-state index in [1.54, 1.807) is 24.5 Å². The van der Waals surface area contributed by atoms with Crippen molar-refractivity contribution in [3.05, 3.63) is 60.0 Å². The van der Waals surface area contributed by atoms with Crippen LogP contribution in [-0.4, -0.2) is 15.9 Å². The number of H-pyrrole nitrogens is 1. The van der Waals surface area contributed by atoms with E-state index in [-0.39, 0.29) is 5.91 Å². The molecule has 3 rings (SSSR count). The third kappa shape index (κ3) is 3.01. The van der Waals surface area contributed by atoms with Crippen molar-refractivity contribution in [2.45, 2.75) is 26.2 Å². The van der Waals surface area contributed by atoms with Gasteiger partial charge in [-0.25, -0.2) is 0 Å². The molecule has 0 aliphatic heterocycles. The minimum atomic E-state index is -0.0259. The molecular weight excluding hydrogens is 274 g/mol. The quantitative estimate of drug-likeness (QED) is 0.767. The van der Waals surface area contributed by atoms with E-state index in [1.165, 1.54) is 5.56 Å². The summed E-state index contributed by atoms with van der Waals surface area (Å²) in [5.74, 6) is 0.444. The molecular formula is C18H19N3O. The first kappa shape index (κ1) is 14.3. The van der Waals surface area contributed by atoms with E-state index in [2.05, 4.69) is 47.3 Å². The van der Waals surface area contributed by atoms with Gasteiger partial charge in [0.05, 0.1) is 6.42 Å². The molecule has 0 saturated heterocycles. The highest BCUT2D eigenvalue weighted by Gasteiger charge is 2.10. The van der Waals surface area contributed by atoms with Crippen LogP contribution in [0.15, 0.2) is 48.9 Å². The van der Waals surface area contributed by atoms with Gasteiger partial charge >= 0.3 is 0 Å². The molecule has 0 aliphatic rings. The molecule has 1 amide bonds. The lowest BCUT2D eigenvalue weighted by atomic mass is 10.00. The second-order valence-electron chi connectivity index (χ2n) is 5.73. The molecule has 0 atom stereocenters. The van der Waals surface area contributed by atoms with Gasteiger partial charge in [-0.2, -0.15) is 0 Å². The van der Waals surface area contributed by atoms with Gasteiger partial charge in [0, 0.05) is 35.2 Å². The Balaban J connectivity index is 1.81. The molecule has 4 nitrogen and oxygen atoms in total. The van der Waals surface area contributed by atoms with Crippen molar-refractivity contribution in [3.8, 4) is 0 Å². The molecule has 0 unspecified atom stereocenters. The third-order valence-corrected chi connectivity index (χ3v) is 3.77. The van der Waals surface area contributed by atoms with E-state index < -0.39 is 0 Å². The number of fused-ring (bicyclic) bond motifs is 1. The first-order valence-electron chi connectivity index (χ1n) is 7.43. The van der Waals surface area contributed by atoms with Crippen molar-refractivity contribution < 1.29 is 4.79 Å². The number of nitrogens with zero attached hydrogens (tertiary/aromatic N) is 1. The summed E-state index contributed by atoms with van der Waals surface area (Å²) in [7, 11) is 0. The molecule has 2 N–H and O–H groups in total. The largest absolute Gasteiger partial charge is 0.361 e. The maximum absolute atomic E-state index is 12.2. The van der Waals surface area contributed by atoms with Crippen LogP contribution in [0.5, 0.6) is 0 Å². The number of benzene rings is 1. The second-order valence-corrected chi connectivity index (χ2v) is 5.73. The van der Waals surface area contributed by atoms with Gasteiger partial charge in [0.25, 0.3) is 0 Å². The zero-order valence-corrected chi connectivity index (χ0v) is 12.8. The van der Waals surface area contributed by atoms with Gasteiger partial charge in [0.1, 0.15) is 0 Å². The fourth-order valence-corrected chi connectivity index (χ4v) is 2.51. The molecule has 22 heavy (non-hydrogen) atoms. The summed E-state index contributed by atoms with van der Waals surface area (Å²) in [5, 5.41) is 4.01. The summed E-state index contributed by atoms with van der Waals surface area (Å²) in [6.07, 6.45) is 5.59. The minimum absolute atomic E-state index is 0.0259. The number of carbonyl (C=O) groups is 1. The Labute approximate surface area is 129 Å². The van der Waals surface area contributed by atoms with E-state index in [4.69, 9.17) is 0 Å². The Morgan fingerprint density at radius 2 is 2.00 bits per heavy atom. The van der Waals surface area contributed by atoms with Gasteiger partial charge in [-0.3, -0.25) is 9.78 Å². The number of nitrogens with one attached hydrogen (secondary N) is 2. The number of aromatic amines is 1. The van der Waals surface area contributed by atoms with Crippen LogP contribution < -0.4 is 5.32 Å². The summed E-state index contributed by atoms with van der Waals surface area (Å²) < 4.78 is 0. The van der Waals surface area contributed by atoms with Gasteiger partial charge in [0.15, 0.2) is 0 Å². The molecule has 1 aromatic carbocycles. The van der Waals surface area contributed by atoms with Gasteiger partial charge < -0.3 is 10.3 Å². The number of rotatable bonds is 4. The van der Waals surface area contributed by atoms with E-state index in [1.807, 2.05) is 6.20 Å². The van der Waals surface area contributed by atoms with Crippen LogP contribution in [0.4, 0.5) is 5.69 Å². The number of amides is 1. The number of anilines is 1. The average molecular weight is 293 g/mol. The smallest absolute Gasteiger partial charge is 0.228 e. The maximum atomic E-state index is 12.2. The van der Waals surface area contributed by atoms with Crippen LogP contribution in [-0.2, 0) is 11.2 Å². The highest BCUT2D eigenvalue weighted by molar-refractivity contribution is 5.95. The highest BCUT2D eigenvalue weighted by atomic mass is 16.1. The summed E-state index contributed by atoms with van der Waals surface area (Å²) >= 11 is 0. The van der Waals surface area contributed by atoms with E-state index in [0.29, 0.717) is 12.3 Å². The molecule has 2 heterocycles. The summed E-state index contributed by atoms with van der Waals surface area (Å²) in [6.45, 7) is 4.34. The Kier molecular flexibility index (Phi) is 3.92. The average Bonchev–Trinajstić information content (AvgIpc) is 2.90. The van der Waals surface area contributed by atoms with Crippen molar-refractivity contribution in [2.24, 2.45) is 0 Å². The first-order valence-corrected chi connectivity index (χ1v) is 7.43. The lowest BCUT2D eigenvalue weighted by molar-refractivity contribution is -0.115. The van der Waals surface area contributed by atoms with E-state index >= 15 is 0 Å². The maximum Gasteiger partial charge on any atom is 0.228 e. The number of aromatic nitrogens is 2. The highest BCUT2D eigenvalue weighted by Crippen LogP contribution is 2.24. The van der Waals surface area contributed by atoms with Crippen LogP contribution in [0, 0.1) is 0 Å². The zero-order chi connectivity index (χ0) is 15.5. The van der Waals surface area contributed by atoms with Gasteiger partial charge in [-0.15, -0.1) is 0 Å². The van der Waals surface area contributed by atoms with Crippen LogP contribution >= 0.6 is 0 Å². The summed E-state index contributed by atoms with van der Waals surface area (Å²) in [5.41, 5.74) is 4.13. The molecule has 2 aromatic heterocycles. The van der Waals surface area contributed by atoms with Crippen molar-refractivity contribution in [3.63, 3.8) is 0 Å². The normalized spacial score (nSPS) is 11.0. The predicted octanol–water partition coefficient (Wildman–Crippen LogP) is 3.87. The van der Waals surface area contributed by atoms with Crippen LogP contribution in [0.3, 0.4) is 0 Å². The van der Waals surface area contributed by atoms with Gasteiger partial charge in [-0.1, -0.05) is 19.9 Å². The number of pyridine rings is 1. The Hall–Kier alpha value is -2.62. The fourth-order valence-electron chi connectivity index (χ4n) is 2.51. The third-order valence-electron chi connectivity index (χ3n) is 3.77. The zero-order valence-electron chi connectivity index (χ0n) is 12.8. The molecule has 0 aliphatic carbocycles. The number of hydrogen-bond acceptors (Lipinski definition) is 2. The fraction of sp³-hybridized carbons (Fsp3) is 0.222. The van der Waals surface area contributed by atoms with Crippen molar-refractivity contribution in [2.75, 3.05) is 5.32 Å². The standard InChI is InChI=1S/C18H19N3O/c1-12(2)13-3-4-17-16(9-13)14(11-20-17)10-18(22)21-15-5-7-19-8-6-15/h3-9,11-12,20H,10H2,1-2H3,(H,19,21,22). The van der Waals surface area contributed by atoms with E-state index in [0.717, 1.165) is 22.2 Å². The second kappa shape index (κ2) is 6.02. The molecule has 0 spiro atoms. The Morgan fingerprint density at radius 1 is 1.23 bits per heavy atom. The minimum Gasteiger partial charge on any atom is -0.361 e. The molecule has 0 radical (unpaired) electrons. The van der Waals surface area contributed by atoms with Crippen LogP contribution in [0.25, 0.3) is 10.9 Å². The van der Waals surface area contributed by atoms with Crippen LogP contribution in [0.1, 0.15) is 30.9 Å². The predicted molar refractivity (Wildman–Crippen MR) is 89.0 cm³/mol. The van der Waals surface area contributed by atoms with E-state index in [9.17, 15) is 4.79 Å². The molecule has 3 aromatic rings. The SMILES string of the molecule is CC(C)c1ccc2[nH]cc(CC(=O)Nc3ccncc3)c2c1. The van der Waals surface area contributed by atoms with Crippen molar-refractivity contribution in [1.82, 2.24) is 9.97 Å². The summed E-state index contributed by atoms with van der Waals surface area (Å²) in [6, 6.07) is 9.94. The molecule has 112 valence electrons. The molecule has 4 heteroatoms.